The van der Waals surface area contributed by atoms with Crippen molar-refractivity contribution in [2.45, 2.75) is 70.6 Å². The molecule has 0 radical (unpaired) electrons. The van der Waals surface area contributed by atoms with Gasteiger partial charge in [-0.15, -0.1) is 0 Å². The highest BCUT2D eigenvalue weighted by molar-refractivity contribution is 5.93. The SMILES string of the molecule is CC(=O)OC[C@]12C(=O)[C@H](O)[C@@H](C)[C@@]3(C[C@H](c4ccoc4)O[C@@H]3OC(C)=O)[C@H]1CCC[C@]21CO1. The fourth-order valence-electron chi connectivity index (χ4n) is 7.00. The summed E-state index contributed by atoms with van der Waals surface area (Å²) >= 11 is 0. The van der Waals surface area contributed by atoms with Crippen molar-refractivity contribution in [1.29, 1.82) is 0 Å². The molecule has 0 aromatic carbocycles. The minimum absolute atomic E-state index is 0.180. The highest BCUT2D eigenvalue weighted by Crippen LogP contribution is 2.71. The highest BCUT2D eigenvalue weighted by Gasteiger charge is 2.79. The third kappa shape index (κ3) is 3.05. The lowest BCUT2D eigenvalue weighted by Gasteiger charge is -2.60. The quantitative estimate of drug-likeness (QED) is 0.530. The second-order valence-electron chi connectivity index (χ2n) is 10.0. The monoisotopic (exact) mass is 462 g/mol. The first kappa shape index (κ1) is 22.6. The Labute approximate surface area is 191 Å². The van der Waals surface area contributed by atoms with Crippen LogP contribution in [0.15, 0.2) is 23.0 Å². The van der Waals surface area contributed by atoms with E-state index in [1.165, 1.54) is 13.8 Å². The maximum atomic E-state index is 13.9. The maximum absolute atomic E-state index is 13.9. The van der Waals surface area contributed by atoms with Gasteiger partial charge in [-0.05, 0) is 31.2 Å². The number of hydrogen-bond donors (Lipinski definition) is 1. The average molecular weight is 462 g/mol. The lowest BCUT2D eigenvalue weighted by molar-refractivity contribution is -0.247. The number of furan rings is 1. The van der Waals surface area contributed by atoms with Crippen molar-refractivity contribution in [3.63, 3.8) is 0 Å². The van der Waals surface area contributed by atoms with Crippen LogP contribution >= 0.6 is 0 Å². The lowest BCUT2D eigenvalue weighted by atomic mass is 9.42. The Hall–Kier alpha value is -2.23. The van der Waals surface area contributed by atoms with Crippen molar-refractivity contribution < 1.29 is 42.9 Å². The lowest BCUT2D eigenvalue weighted by Crippen LogP contribution is -2.71. The van der Waals surface area contributed by atoms with Crippen LogP contribution in [-0.4, -0.2) is 54.0 Å². The fourth-order valence-corrected chi connectivity index (χ4v) is 7.00. The standard InChI is InChI=1S/C24H30O9/c1-13-19(27)20(28)24(12-30-14(2)25)18(5-4-7-22(24)11-31-22)23(13)9-17(16-6-8-29-10-16)33-21(23)32-15(3)26/h6,8,10,13,17-19,21,27H,4-5,7,9,11-12H2,1-3H3/t13-,17-,18-,19-,21+,22+,23+,24-/m1/s1. The van der Waals surface area contributed by atoms with Crippen molar-refractivity contribution in [1.82, 2.24) is 0 Å². The number of aliphatic hydroxyl groups excluding tert-OH is 1. The van der Waals surface area contributed by atoms with E-state index in [1.54, 1.807) is 18.6 Å². The molecule has 33 heavy (non-hydrogen) atoms. The number of fused-ring (bicyclic) bond motifs is 3. The number of epoxide rings is 1. The van der Waals surface area contributed by atoms with Gasteiger partial charge in [-0.25, -0.2) is 0 Å². The third-order valence-electron chi connectivity index (χ3n) is 8.61. The molecule has 3 heterocycles. The Morgan fingerprint density at radius 3 is 2.64 bits per heavy atom. The van der Waals surface area contributed by atoms with Crippen molar-refractivity contribution in [2.75, 3.05) is 13.2 Å². The normalized spacial score (nSPS) is 44.0. The van der Waals surface area contributed by atoms with Gasteiger partial charge < -0.3 is 28.5 Å². The average Bonchev–Trinajstić information content (AvgIpc) is 3.19. The molecule has 2 spiro atoms. The zero-order valence-electron chi connectivity index (χ0n) is 19.1. The summed E-state index contributed by atoms with van der Waals surface area (Å²) in [6.07, 6.45) is 2.84. The minimum atomic E-state index is -1.35. The summed E-state index contributed by atoms with van der Waals surface area (Å²) in [5.41, 5.74) is -2.14. The van der Waals surface area contributed by atoms with Crippen LogP contribution in [0.1, 0.15) is 58.1 Å². The third-order valence-corrected chi connectivity index (χ3v) is 8.61. The molecule has 2 aliphatic carbocycles. The number of carbonyl (C=O) groups is 3. The molecule has 0 unspecified atom stereocenters. The first-order valence-corrected chi connectivity index (χ1v) is 11.5. The number of Topliss-reactive ketones (excluding diaryl/α,β-unsaturated/α-hetero) is 1. The molecule has 1 N–H and O–H groups in total. The van der Waals surface area contributed by atoms with E-state index in [2.05, 4.69) is 0 Å². The van der Waals surface area contributed by atoms with Gasteiger partial charge in [-0.3, -0.25) is 14.4 Å². The number of ether oxygens (including phenoxy) is 4. The second kappa shape index (κ2) is 7.65. The van der Waals surface area contributed by atoms with E-state index in [4.69, 9.17) is 23.4 Å². The fraction of sp³-hybridized carbons (Fsp3) is 0.708. The molecule has 2 aliphatic heterocycles. The Kier molecular flexibility index (Phi) is 5.23. The van der Waals surface area contributed by atoms with E-state index in [-0.39, 0.29) is 18.3 Å². The zero-order chi connectivity index (χ0) is 23.6. The number of rotatable bonds is 4. The van der Waals surface area contributed by atoms with Crippen LogP contribution in [0.3, 0.4) is 0 Å². The Morgan fingerprint density at radius 1 is 1.27 bits per heavy atom. The molecule has 0 amide bonds. The van der Waals surface area contributed by atoms with Crippen LogP contribution in [0.2, 0.25) is 0 Å². The van der Waals surface area contributed by atoms with Crippen molar-refractivity contribution in [3.8, 4) is 0 Å². The second-order valence-corrected chi connectivity index (χ2v) is 10.0. The van der Waals surface area contributed by atoms with Gasteiger partial charge in [0.1, 0.15) is 23.7 Å². The van der Waals surface area contributed by atoms with Crippen molar-refractivity contribution in [2.24, 2.45) is 22.7 Å². The van der Waals surface area contributed by atoms with Crippen LogP contribution in [0.5, 0.6) is 0 Å². The predicted molar refractivity (Wildman–Crippen MR) is 110 cm³/mol. The molecule has 2 saturated carbocycles. The van der Waals surface area contributed by atoms with E-state index >= 15 is 0 Å². The summed E-state index contributed by atoms with van der Waals surface area (Å²) in [5.74, 6) is -2.32. The topological polar surface area (TPSA) is 125 Å². The maximum Gasteiger partial charge on any atom is 0.304 e. The van der Waals surface area contributed by atoms with Crippen LogP contribution in [0.25, 0.3) is 0 Å². The van der Waals surface area contributed by atoms with Gasteiger partial charge in [0.15, 0.2) is 5.78 Å². The molecule has 4 fully saturated rings. The molecule has 5 rings (SSSR count). The molecule has 9 heteroatoms. The smallest absolute Gasteiger partial charge is 0.304 e. The van der Waals surface area contributed by atoms with Crippen LogP contribution < -0.4 is 0 Å². The first-order valence-electron chi connectivity index (χ1n) is 11.5. The van der Waals surface area contributed by atoms with Crippen LogP contribution in [-0.2, 0) is 33.3 Å². The predicted octanol–water partition coefficient (Wildman–Crippen LogP) is 2.31. The summed E-state index contributed by atoms with van der Waals surface area (Å²) in [6, 6.07) is 1.79. The molecule has 180 valence electrons. The van der Waals surface area contributed by atoms with Gasteiger partial charge in [0.25, 0.3) is 0 Å². The Balaban J connectivity index is 1.66. The van der Waals surface area contributed by atoms with Crippen LogP contribution in [0, 0.1) is 22.7 Å². The van der Waals surface area contributed by atoms with E-state index < -0.39 is 52.8 Å². The molecule has 1 aromatic rings. The number of aliphatic hydroxyl groups is 1. The van der Waals surface area contributed by atoms with E-state index in [0.717, 1.165) is 12.0 Å². The number of hydrogen-bond acceptors (Lipinski definition) is 9. The molecule has 4 aliphatic rings. The Bertz CT molecular complexity index is 951. The van der Waals surface area contributed by atoms with Crippen LogP contribution in [0.4, 0.5) is 0 Å². The molecule has 8 atom stereocenters. The summed E-state index contributed by atoms with van der Waals surface area (Å²) in [4.78, 5) is 37.8. The number of esters is 2. The first-order chi connectivity index (χ1) is 15.7. The summed E-state index contributed by atoms with van der Waals surface area (Å²) in [6.45, 7) is 4.60. The van der Waals surface area contributed by atoms with Gasteiger partial charge in [-0.1, -0.05) is 13.3 Å². The Morgan fingerprint density at radius 2 is 2.03 bits per heavy atom. The number of ketones is 1. The van der Waals surface area contributed by atoms with Gasteiger partial charge in [0, 0.05) is 30.7 Å². The van der Waals surface area contributed by atoms with Crippen molar-refractivity contribution >= 4 is 17.7 Å². The van der Waals surface area contributed by atoms with E-state index in [1.807, 2.05) is 6.92 Å². The molecular formula is C24H30O9. The van der Waals surface area contributed by atoms with Crippen molar-refractivity contribution in [3.05, 3.63) is 24.2 Å². The summed E-state index contributed by atoms with van der Waals surface area (Å²) in [5, 5.41) is 11.3. The summed E-state index contributed by atoms with van der Waals surface area (Å²) < 4.78 is 28.7. The molecule has 1 aromatic heterocycles. The van der Waals surface area contributed by atoms with E-state index in [9.17, 15) is 19.5 Å². The largest absolute Gasteiger partial charge is 0.472 e. The highest BCUT2D eigenvalue weighted by atomic mass is 16.7. The van der Waals surface area contributed by atoms with Gasteiger partial charge in [0.2, 0.25) is 6.29 Å². The van der Waals surface area contributed by atoms with Gasteiger partial charge in [-0.2, -0.15) is 0 Å². The van der Waals surface area contributed by atoms with Gasteiger partial charge >= 0.3 is 11.9 Å². The molecular weight excluding hydrogens is 432 g/mol. The molecule has 0 bridgehead atoms. The van der Waals surface area contributed by atoms with E-state index in [0.29, 0.717) is 25.9 Å². The van der Waals surface area contributed by atoms with Gasteiger partial charge in [0.05, 0.1) is 25.2 Å². The zero-order valence-corrected chi connectivity index (χ0v) is 19.1. The minimum Gasteiger partial charge on any atom is -0.472 e. The summed E-state index contributed by atoms with van der Waals surface area (Å²) in [7, 11) is 0. The molecule has 9 nitrogen and oxygen atoms in total. The molecule has 2 saturated heterocycles. The number of carbonyl (C=O) groups excluding carboxylic acids is 3.